The molecule has 1 N–H and O–H groups in total. The molecule has 3 heteroatoms. The van der Waals surface area contributed by atoms with Crippen molar-refractivity contribution in [2.75, 3.05) is 44.2 Å². The Balaban J connectivity index is 1.79. The fourth-order valence-electron chi connectivity index (χ4n) is 1.89. The highest BCUT2D eigenvalue weighted by molar-refractivity contribution is 7.99. The molecule has 0 atom stereocenters. The molecule has 0 aliphatic carbocycles. The van der Waals surface area contributed by atoms with Gasteiger partial charge in [0.25, 0.3) is 0 Å². The minimum atomic E-state index is 1.18. The minimum absolute atomic E-state index is 1.18. The van der Waals surface area contributed by atoms with Crippen LogP contribution >= 0.6 is 11.8 Å². The summed E-state index contributed by atoms with van der Waals surface area (Å²) < 4.78 is 0. The number of hydrogen-bond acceptors (Lipinski definition) is 3. The molecular weight excluding hydrogens is 204 g/mol. The molecule has 0 bridgehead atoms. The third kappa shape index (κ3) is 7.20. The van der Waals surface area contributed by atoms with Crippen LogP contribution < -0.4 is 5.32 Å². The van der Waals surface area contributed by atoms with Crippen molar-refractivity contribution in [1.29, 1.82) is 0 Å². The molecular formula is C12H26N2S. The van der Waals surface area contributed by atoms with Crippen LogP contribution in [0.15, 0.2) is 0 Å². The van der Waals surface area contributed by atoms with E-state index in [0.717, 1.165) is 0 Å². The summed E-state index contributed by atoms with van der Waals surface area (Å²) in [7, 11) is 0. The molecule has 0 radical (unpaired) electrons. The Morgan fingerprint density at radius 3 is 2.60 bits per heavy atom. The third-order valence-electron chi connectivity index (χ3n) is 2.86. The molecule has 0 aromatic heterocycles. The Hall–Kier alpha value is 0.270. The second kappa shape index (κ2) is 9.49. The number of thioether (sulfide) groups is 1. The second-order valence-corrected chi connectivity index (χ2v) is 5.49. The van der Waals surface area contributed by atoms with E-state index in [0.29, 0.717) is 0 Å². The quantitative estimate of drug-likeness (QED) is 0.644. The molecule has 0 spiro atoms. The first-order valence-electron chi connectivity index (χ1n) is 6.44. The zero-order chi connectivity index (χ0) is 10.8. The summed E-state index contributed by atoms with van der Waals surface area (Å²) in [5.74, 6) is 2.69. The topological polar surface area (TPSA) is 15.3 Å². The monoisotopic (exact) mass is 230 g/mol. The van der Waals surface area contributed by atoms with Crippen LogP contribution in [0.3, 0.4) is 0 Å². The van der Waals surface area contributed by atoms with Crippen molar-refractivity contribution < 1.29 is 0 Å². The molecule has 1 saturated heterocycles. The van der Waals surface area contributed by atoms with Crippen molar-refractivity contribution in [2.45, 2.75) is 32.6 Å². The molecule has 15 heavy (non-hydrogen) atoms. The van der Waals surface area contributed by atoms with Crippen LogP contribution in [0.2, 0.25) is 0 Å². The average Bonchev–Trinajstić information content (AvgIpc) is 2.29. The molecule has 1 aliphatic heterocycles. The lowest BCUT2D eigenvalue weighted by molar-refractivity contribution is 0.294. The smallest absolute Gasteiger partial charge is 0.00727 e. The van der Waals surface area contributed by atoms with Gasteiger partial charge in [-0.2, -0.15) is 11.8 Å². The van der Waals surface area contributed by atoms with E-state index in [1.165, 1.54) is 69.9 Å². The maximum atomic E-state index is 3.46. The summed E-state index contributed by atoms with van der Waals surface area (Å²) in [6.07, 6.45) is 5.38. The lowest BCUT2D eigenvalue weighted by atomic mass is 10.2. The molecule has 0 aromatic carbocycles. The SMILES string of the molecule is CCCNCCCCCN1CCSCC1. The highest BCUT2D eigenvalue weighted by atomic mass is 32.2. The van der Waals surface area contributed by atoms with E-state index in [4.69, 9.17) is 0 Å². The number of rotatable bonds is 8. The molecule has 0 saturated carbocycles. The van der Waals surface area contributed by atoms with E-state index in [1.807, 2.05) is 0 Å². The Labute approximate surface area is 99.2 Å². The highest BCUT2D eigenvalue weighted by Gasteiger charge is 2.08. The van der Waals surface area contributed by atoms with Gasteiger partial charge in [-0.15, -0.1) is 0 Å². The van der Waals surface area contributed by atoms with Crippen molar-refractivity contribution in [3.63, 3.8) is 0 Å². The number of nitrogens with zero attached hydrogens (tertiary/aromatic N) is 1. The van der Waals surface area contributed by atoms with Gasteiger partial charge >= 0.3 is 0 Å². The first-order chi connectivity index (χ1) is 7.43. The summed E-state index contributed by atoms with van der Waals surface area (Å²) in [6, 6.07) is 0. The van der Waals surface area contributed by atoms with E-state index in [-0.39, 0.29) is 0 Å². The molecule has 1 aliphatic rings. The number of hydrogen-bond donors (Lipinski definition) is 1. The van der Waals surface area contributed by atoms with E-state index in [9.17, 15) is 0 Å². The van der Waals surface area contributed by atoms with Crippen LogP contribution in [0.1, 0.15) is 32.6 Å². The van der Waals surface area contributed by atoms with Gasteiger partial charge < -0.3 is 10.2 Å². The van der Waals surface area contributed by atoms with E-state index in [1.54, 1.807) is 0 Å². The van der Waals surface area contributed by atoms with Gasteiger partial charge in [-0.1, -0.05) is 13.3 Å². The Morgan fingerprint density at radius 2 is 1.87 bits per heavy atom. The van der Waals surface area contributed by atoms with Crippen molar-refractivity contribution in [1.82, 2.24) is 10.2 Å². The van der Waals surface area contributed by atoms with E-state index < -0.39 is 0 Å². The first-order valence-corrected chi connectivity index (χ1v) is 7.59. The fourth-order valence-corrected chi connectivity index (χ4v) is 2.87. The van der Waals surface area contributed by atoms with Crippen molar-refractivity contribution in [3.8, 4) is 0 Å². The van der Waals surface area contributed by atoms with Crippen molar-refractivity contribution >= 4 is 11.8 Å². The van der Waals surface area contributed by atoms with Gasteiger partial charge in [-0.05, 0) is 38.9 Å². The minimum Gasteiger partial charge on any atom is -0.317 e. The predicted octanol–water partition coefficient (Wildman–Crippen LogP) is 2.21. The summed E-state index contributed by atoms with van der Waals surface area (Å²) in [5.41, 5.74) is 0. The largest absolute Gasteiger partial charge is 0.317 e. The van der Waals surface area contributed by atoms with Crippen LogP contribution in [0.4, 0.5) is 0 Å². The van der Waals surface area contributed by atoms with Gasteiger partial charge in [0.15, 0.2) is 0 Å². The first kappa shape index (κ1) is 13.3. The Morgan fingerprint density at radius 1 is 1.07 bits per heavy atom. The van der Waals surface area contributed by atoms with Crippen LogP contribution in [0, 0.1) is 0 Å². The van der Waals surface area contributed by atoms with Crippen molar-refractivity contribution in [2.24, 2.45) is 0 Å². The Bertz CT molecular complexity index is 136. The average molecular weight is 230 g/mol. The lowest BCUT2D eigenvalue weighted by Crippen LogP contribution is -2.33. The standard InChI is InChI=1S/C12H26N2S/c1-2-6-13-7-4-3-5-8-14-9-11-15-12-10-14/h13H,2-12H2,1H3. The van der Waals surface area contributed by atoms with Gasteiger partial charge in [0.2, 0.25) is 0 Å². The van der Waals surface area contributed by atoms with Crippen LogP contribution in [0.5, 0.6) is 0 Å². The summed E-state index contributed by atoms with van der Waals surface area (Å²) in [4.78, 5) is 2.62. The fraction of sp³-hybridized carbons (Fsp3) is 1.00. The molecule has 2 nitrogen and oxygen atoms in total. The summed E-state index contributed by atoms with van der Waals surface area (Å²) in [6.45, 7) is 8.58. The number of nitrogens with one attached hydrogen (secondary N) is 1. The maximum absolute atomic E-state index is 3.46. The van der Waals surface area contributed by atoms with Gasteiger partial charge in [0.05, 0.1) is 0 Å². The molecule has 1 heterocycles. The highest BCUT2D eigenvalue weighted by Crippen LogP contribution is 2.09. The summed E-state index contributed by atoms with van der Waals surface area (Å²) in [5, 5.41) is 3.46. The molecule has 90 valence electrons. The maximum Gasteiger partial charge on any atom is 0.00727 e. The molecule has 0 unspecified atom stereocenters. The van der Waals surface area contributed by atoms with Gasteiger partial charge in [0, 0.05) is 24.6 Å². The van der Waals surface area contributed by atoms with Gasteiger partial charge in [0.1, 0.15) is 0 Å². The van der Waals surface area contributed by atoms with E-state index in [2.05, 4.69) is 28.9 Å². The summed E-state index contributed by atoms with van der Waals surface area (Å²) >= 11 is 2.10. The van der Waals surface area contributed by atoms with Crippen molar-refractivity contribution in [3.05, 3.63) is 0 Å². The number of unbranched alkanes of at least 4 members (excludes halogenated alkanes) is 2. The second-order valence-electron chi connectivity index (χ2n) is 4.26. The predicted molar refractivity (Wildman–Crippen MR) is 70.8 cm³/mol. The molecule has 1 rings (SSSR count). The molecule has 0 amide bonds. The zero-order valence-electron chi connectivity index (χ0n) is 10.1. The lowest BCUT2D eigenvalue weighted by Gasteiger charge is -2.25. The normalized spacial score (nSPS) is 18.2. The van der Waals surface area contributed by atoms with Gasteiger partial charge in [-0.25, -0.2) is 0 Å². The van der Waals surface area contributed by atoms with Crippen LogP contribution in [0.25, 0.3) is 0 Å². The van der Waals surface area contributed by atoms with E-state index >= 15 is 0 Å². The van der Waals surface area contributed by atoms with Crippen LogP contribution in [-0.4, -0.2) is 49.1 Å². The Kier molecular flexibility index (Phi) is 8.44. The third-order valence-corrected chi connectivity index (χ3v) is 3.80. The molecule has 0 aromatic rings. The van der Waals surface area contributed by atoms with Gasteiger partial charge in [-0.3, -0.25) is 0 Å². The zero-order valence-corrected chi connectivity index (χ0v) is 11.0. The van der Waals surface area contributed by atoms with Crippen LogP contribution in [-0.2, 0) is 0 Å². The molecule has 1 fully saturated rings.